The maximum Gasteiger partial charge on any atom is 0.420 e. The molecule has 0 saturated carbocycles. The van der Waals surface area contributed by atoms with Gasteiger partial charge in [-0.05, 0) is 54.1 Å². The molecule has 1 saturated heterocycles. The van der Waals surface area contributed by atoms with Gasteiger partial charge in [-0.3, -0.25) is 14.6 Å². The molecule has 5 rings (SSSR count). The van der Waals surface area contributed by atoms with Crippen LogP contribution < -0.4 is 11.1 Å². The first-order valence-electron chi connectivity index (χ1n) is 13.0. The third-order valence-electron chi connectivity index (χ3n) is 7.01. The van der Waals surface area contributed by atoms with Gasteiger partial charge in [0.05, 0.1) is 29.9 Å². The van der Waals surface area contributed by atoms with Gasteiger partial charge in [0.1, 0.15) is 17.2 Å². The fraction of sp³-hybridized carbons (Fsp3) is 0.241. The Kier molecular flexibility index (Phi) is 7.84. The number of furan rings is 1. The normalized spacial score (nSPS) is 17.5. The number of likely N-dealkylation sites (tertiary alicyclic amines) is 1. The molecule has 0 bridgehead atoms. The number of carbonyl (C=O) groups excluding carboxylic acids is 2. The number of β-amino-alcohol motifs (C(OH)–C–C–N with tert-alkyl or cyclic N) is 1. The fourth-order valence-corrected chi connectivity index (χ4v) is 4.64. The van der Waals surface area contributed by atoms with Crippen LogP contribution in [-0.2, 0) is 17.5 Å². The van der Waals surface area contributed by atoms with Crippen LogP contribution >= 0.6 is 0 Å². The van der Waals surface area contributed by atoms with Gasteiger partial charge in [0.2, 0.25) is 5.91 Å². The summed E-state index contributed by atoms with van der Waals surface area (Å²) in [5.41, 5.74) is 1.55. The standard InChI is InChI=1S/C29H23F6N5O4/c30-28(31,32)21-11-18(22-4-3-17(13-37-22)26(42)40-8-7-27(43,15-40)29(33,34)35)9-19-10-20(44-25(19)21)14-39-24(41)6-2-16-1-5-23(36)38-12-16/h1-6,9-13,43H,7-8,14-15H2,(H2,36,38)(H,39,41)/b6-2+. The minimum atomic E-state index is -4.91. The number of nitrogen functional groups attached to an aromatic ring is 1. The van der Waals surface area contributed by atoms with E-state index in [0.29, 0.717) is 11.4 Å². The number of hydrogen-bond donors (Lipinski definition) is 3. The summed E-state index contributed by atoms with van der Waals surface area (Å²) in [5.74, 6) is -0.978. The topological polar surface area (TPSA) is 135 Å². The molecular weight excluding hydrogens is 596 g/mol. The maximum absolute atomic E-state index is 14.0. The molecule has 1 aliphatic heterocycles. The molecule has 4 N–H and O–H groups in total. The Labute approximate surface area is 245 Å². The smallest absolute Gasteiger partial charge is 0.420 e. The highest BCUT2D eigenvalue weighted by atomic mass is 19.4. The molecule has 2 amide bonds. The monoisotopic (exact) mass is 619 g/mol. The molecule has 0 spiro atoms. The van der Waals surface area contributed by atoms with Gasteiger partial charge in [0.15, 0.2) is 5.60 Å². The number of halogens is 6. The van der Waals surface area contributed by atoms with Crippen LogP contribution in [0.5, 0.6) is 0 Å². The predicted molar refractivity (Wildman–Crippen MR) is 146 cm³/mol. The van der Waals surface area contributed by atoms with E-state index in [1.807, 2.05) is 0 Å². The number of alkyl halides is 6. The molecule has 1 fully saturated rings. The van der Waals surface area contributed by atoms with Crippen LogP contribution in [0.3, 0.4) is 0 Å². The molecule has 4 aromatic rings. The molecule has 4 heterocycles. The SMILES string of the molecule is Nc1ccc(/C=C/C(=O)NCc2cc3cc(-c4ccc(C(=O)N5CCC(O)(C(F)(F)F)C5)cn4)cc(C(F)(F)F)c3o2)cn1. The number of nitrogens with one attached hydrogen (secondary N) is 1. The zero-order chi connectivity index (χ0) is 31.9. The molecule has 1 aromatic carbocycles. The first-order valence-corrected chi connectivity index (χ1v) is 13.0. The lowest BCUT2D eigenvalue weighted by molar-refractivity contribution is -0.253. The van der Waals surface area contributed by atoms with Gasteiger partial charge < -0.3 is 25.5 Å². The van der Waals surface area contributed by atoms with Gasteiger partial charge in [-0.1, -0.05) is 0 Å². The fourth-order valence-electron chi connectivity index (χ4n) is 4.64. The Morgan fingerprint density at radius 3 is 2.45 bits per heavy atom. The highest BCUT2D eigenvalue weighted by Gasteiger charge is 2.57. The molecule has 15 heteroatoms. The van der Waals surface area contributed by atoms with E-state index in [0.717, 1.165) is 17.2 Å². The highest BCUT2D eigenvalue weighted by Crippen LogP contribution is 2.40. The number of rotatable bonds is 6. The average Bonchev–Trinajstić information content (AvgIpc) is 3.58. The molecule has 3 aromatic heterocycles. The van der Waals surface area contributed by atoms with E-state index < -0.39 is 53.9 Å². The van der Waals surface area contributed by atoms with Crippen LogP contribution in [0.2, 0.25) is 0 Å². The summed E-state index contributed by atoms with van der Waals surface area (Å²) < 4.78 is 86.8. The number of carbonyl (C=O) groups is 2. The van der Waals surface area contributed by atoms with Crippen LogP contribution in [0.4, 0.5) is 32.2 Å². The van der Waals surface area contributed by atoms with E-state index >= 15 is 0 Å². The van der Waals surface area contributed by atoms with Crippen molar-refractivity contribution < 1.29 is 45.5 Å². The van der Waals surface area contributed by atoms with Crippen LogP contribution in [0.15, 0.2) is 65.4 Å². The van der Waals surface area contributed by atoms with Gasteiger partial charge in [-0.25, -0.2) is 4.98 Å². The van der Waals surface area contributed by atoms with E-state index in [4.69, 9.17) is 10.2 Å². The number of aliphatic hydroxyl groups is 1. The largest absolute Gasteiger partial charge is 0.459 e. The average molecular weight is 620 g/mol. The summed E-state index contributed by atoms with van der Waals surface area (Å²) in [7, 11) is 0. The third-order valence-corrected chi connectivity index (χ3v) is 7.01. The second kappa shape index (κ2) is 11.3. The number of nitrogens with two attached hydrogens (primary N) is 1. The van der Waals surface area contributed by atoms with E-state index in [2.05, 4.69) is 15.3 Å². The van der Waals surface area contributed by atoms with Gasteiger partial charge in [-0.15, -0.1) is 0 Å². The molecule has 230 valence electrons. The van der Waals surface area contributed by atoms with E-state index in [-0.39, 0.29) is 41.1 Å². The van der Waals surface area contributed by atoms with Crippen molar-refractivity contribution in [2.45, 2.75) is 30.9 Å². The molecule has 0 aliphatic carbocycles. The van der Waals surface area contributed by atoms with Crippen molar-refractivity contribution in [1.82, 2.24) is 20.2 Å². The minimum absolute atomic E-state index is 0.0351. The van der Waals surface area contributed by atoms with Crippen LogP contribution in [0.1, 0.15) is 33.7 Å². The molecule has 1 unspecified atom stereocenters. The summed E-state index contributed by atoms with van der Waals surface area (Å²) >= 11 is 0. The number of fused-ring (bicyclic) bond motifs is 1. The summed E-state index contributed by atoms with van der Waals surface area (Å²) in [6.07, 6.45) is -5.20. The number of hydrogen-bond acceptors (Lipinski definition) is 7. The van der Waals surface area contributed by atoms with Crippen molar-refractivity contribution in [3.8, 4) is 11.3 Å². The predicted octanol–water partition coefficient (Wildman–Crippen LogP) is 4.96. The van der Waals surface area contributed by atoms with Crippen molar-refractivity contribution >= 4 is 34.7 Å². The van der Waals surface area contributed by atoms with Crippen LogP contribution in [-0.4, -0.2) is 56.7 Å². The number of pyridine rings is 2. The van der Waals surface area contributed by atoms with Gasteiger partial charge in [-0.2, -0.15) is 26.3 Å². The van der Waals surface area contributed by atoms with Gasteiger partial charge >= 0.3 is 12.4 Å². The van der Waals surface area contributed by atoms with Crippen LogP contribution in [0, 0.1) is 0 Å². The van der Waals surface area contributed by atoms with E-state index in [1.165, 1.54) is 42.6 Å². The van der Waals surface area contributed by atoms with Crippen molar-refractivity contribution in [3.63, 3.8) is 0 Å². The lowest BCUT2D eigenvalue weighted by Gasteiger charge is -2.25. The van der Waals surface area contributed by atoms with Crippen LogP contribution in [0.25, 0.3) is 28.3 Å². The Morgan fingerprint density at radius 2 is 1.84 bits per heavy atom. The second-order valence-corrected chi connectivity index (χ2v) is 10.2. The Hall–Kier alpha value is -4.92. The number of amides is 2. The highest BCUT2D eigenvalue weighted by molar-refractivity contribution is 5.95. The summed E-state index contributed by atoms with van der Waals surface area (Å²) in [4.78, 5) is 33.7. The van der Waals surface area contributed by atoms with Gasteiger partial charge in [0.25, 0.3) is 5.91 Å². The zero-order valence-corrected chi connectivity index (χ0v) is 22.5. The molecule has 1 aliphatic rings. The minimum Gasteiger partial charge on any atom is -0.459 e. The maximum atomic E-state index is 14.0. The number of aromatic nitrogens is 2. The van der Waals surface area contributed by atoms with Crippen molar-refractivity contribution in [3.05, 3.63) is 83.4 Å². The third kappa shape index (κ3) is 6.37. The Morgan fingerprint density at radius 1 is 1.07 bits per heavy atom. The first-order chi connectivity index (χ1) is 20.6. The van der Waals surface area contributed by atoms with E-state index in [1.54, 1.807) is 12.1 Å². The zero-order valence-electron chi connectivity index (χ0n) is 22.5. The summed E-state index contributed by atoms with van der Waals surface area (Å²) in [6, 6.07) is 9.26. The molecule has 44 heavy (non-hydrogen) atoms. The summed E-state index contributed by atoms with van der Waals surface area (Å²) in [6.45, 7) is -1.48. The number of anilines is 1. The second-order valence-electron chi connectivity index (χ2n) is 10.2. The Balaban J connectivity index is 1.33. The molecular formula is C29H23F6N5O4. The van der Waals surface area contributed by atoms with Crippen molar-refractivity contribution in [2.75, 3.05) is 18.8 Å². The van der Waals surface area contributed by atoms with E-state index in [9.17, 15) is 41.0 Å². The van der Waals surface area contributed by atoms with Crippen molar-refractivity contribution in [2.24, 2.45) is 0 Å². The first kappa shape index (κ1) is 30.5. The quantitative estimate of drug-likeness (QED) is 0.205. The Bertz CT molecular complexity index is 1730. The summed E-state index contributed by atoms with van der Waals surface area (Å²) in [5, 5.41) is 12.4. The molecule has 9 nitrogen and oxygen atoms in total. The number of benzene rings is 1. The lowest BCUT2D eigenvalue weighted by atomic mass is 10.0. The lowest BCUT2D eigenvalue weighted by Crippen LogP contribution is -2.48. The molecule has 0 radical (unpaired) electrons. The number of nitrogens with zero attached hydrogens (tertiary/aromatic N) is 3. The molecule has 1 atom stereocenters. The van der Waals surface area contributed by atoms with Crippen molar-refractivity contribution in [1.29, 1.82) is 0 Å². The van der Waals surface area contributed by atoms with Gasteiger partial charge in [0, 0.05) is 42.4 Å².